The molecule has 0 fully saturated rings. The van der Waals surface area contributed by atoms with Gasteiger partial charge in [0, 0.05) is 17.4 Å². The van der Waals surface area contributed by atoms with E-state index in [-0.39, 0.29) is 28.4 Å². The van der Waals surface area contributed by atoms with Crippen LogP contribution in [0.2, 0.25) is 19.6 Å². The van der Waals surface area contributed by atoms with E-state index in [1.807, 2.05) is 0 Å². The summed E-state index contributed by atoms with van der Waals surface area (Å²) in [6, 6.07) is 13.5. The first-order valence-corrected chi connectivity index (χ1v) is 16.5. The second-order valence-corrected chi connectivity index (χ2v) is 18.6. The lowest BCUT2D eigenvalue weighted by Crippen LogP contribution is -2.43. The van der Waals surface area contributed by atoms with E-state index in [4.69, 9.17) is 0 Å². The maximum absolute atomic E-state index is 13.5. The van der Waals surface area contributed by atoms with Crippen LogP contribution in [0.15, 0.2) is 59.7 Å². The van der Waals surface area contributed by atoms with E-state index in [1.165, 1.54) is 33.4 Å². The van der Waals surface area contributed by atoms with Crippen molar-refractivity contribution in [1.29, 1.82) is 0 Å². The molecular weight excluding hydrogens is 456 g/mol. The standard InChI is InChI=1S/C33H38O2Si/c1-31(2,3)20-11-13-23-24(18-20)27-22-12-10-21(32(4,5)6)19-25(22)28(23)30-29(27)26(34)14-15-33(30,35)16-17-36(7,8)9/h10-15,18-19,27-28,35H,1-9H3/t27-,28-,33?/m0/s1. The Hall–Kier alpha value is -2.67. The van der Waals surface area contributed by atoms with Crippen LogP contribution >= 0.6 is 0 Å². The lowest BCUT2D eigenvalue weighted by atomic mass is 9.55. The first-order chi connectivity index (χ1) is 16.5. The van der Waals surface area contributed by atoms with Crippen LogP contribution in [-0.2, 0) is 15.6 Å². The molecule has 0 saturated heterocycles. The molecule has 186 valence electrons. The monoisotopic (exact) mass is 494 g/mol. The highest BCUT2D eigenvalue weighted by Crippen LogP contribution is 2.60. The number of aliphatic hydroxyl groups is 1. The van der Waals surface area contributed by atoms with Gasteiger partial charge in [-0.3, -0.25) is 4.79 Å². The van der Waals surface area contributed by atoms with Crippen molar-refractivity contribution in [3.05, 3.63) is 93.1 Å². The number of hydrogen-bond acceptors (Lipinski definition) is 2. The Balaban J connectivity index is 1.83. The van der Waals surface area contributed by atoms with Crippen LogP contribution in [0.4, 0.5) is 0 Å². The third-order valence-electron chi connectivity index (χ3n) is 7.80. The maximum atomic E-state index is 13.5. The molecule has 0 amide bonds. The van der Waals surface area contributed by atoms with Crippen LogP contribution < -0.4 is 0 Å². The Labute approximate surface area is 217 Å². The molecule has 36 heavy (non-hydrogen) atoms. The van der Waals surface area contributed by atoms with Gasteiger partial charge in [0.05, 0.1) is 0 Å². The molecule has 2 bridgehead atoms. The fourth-order valence-corrected chi connectivity index (χ4v) is 6.41. The highest BCUT2D eigenvalue weighted by molar-refractivity contribution is 6.83. The van der Waals surface area contributed by atoms with Crippen LogP contribution in [-0.4, -0.2) is 24.6 Å². The molecule has 4 aliphatic rings. The minimum Gasteiger partial charge on any atom is -0.370 e. The third kappa shape index (κ3) is 3.87. The van der Waals surface area contributed by atoms with E-state index in [2.05, 4.69) is 109 Å². The predicted octanol–water partition coefficient (Wildman–Crippen LogP) is 6.92. The van der Waals surface area contributed by atoms with Gasteiger partial charge in [-0.25, -0.2) is 0 Å². The Bertz CT molecular complexity index is 1420. The topological polar surface area (TPSA) is 37.3 Å². The number of carbonyl (C=O) groups is 1. The Kier molecular flexibility index (Phi) is 5.32. The fourth-order valence-electron chi connectivity index (χ4n) is 5.84. The van der Waals surface area contributed by atoms with Gasteiger partial charge >= 0.3 is 0 Å². The number of benzene rings is 2. The summed E-state index contributed by atoms with van der Waals surface area (Å²) < 4.78 is 0. The molecule has 0 radical (unpaired) electrons. The average Bonchev–Trinajstić information content (AvgIpc) is 2.77. The van der Waals surface area contributed by atoms with E-state index in [0.717, 1.165) is 11.1 Å². The number of rotatable bonds is 0. The van der Waals surface area contributed by atoms with Crippen molar-refractivity contribution in [2.75, 3.05) is 0 Å². The van der Waals surface area contributed by atoms with Gasteiger partial charge < -0.3 is 5.11 Å². The molecule has 6 rings (SSSR count). The smallest absolute Gasteiger partial charge is 0.182 e. The zero-order chi connectivity index (χ0) is 26.4. The van der Waals surface area contributed by atoms with Gasteiger partial charge in [-0.2, -0.15) is 0 Å². The van der Waals surface area contributed by atoms with Crippen molar-refractivity contribution in [3.63, 3.8) is 0 Å². The Morgan fingerprint density at radius 1 is 0.806 bits per heavy atom. The lowest BCUT2D eigenvalue weighted by molar-refractivity contribution is -0.112. The first kappa shape index (κ1) is 25.0. The van der Waals surface area contributed by atoms with Crippen molar-refractivity contribution < 1.29 is 9.90 Å². The molecule has 0 aromatic heterocycles. The summed E-state index contributed by atoms with van der Waals surface area (Å²) in [6.07, 6.45) is 3.19. The third-order valence-corrected chi connectivity index (χ3v) is 8.67. The molecule has 0 heterocycles. The van der Waals surface area contributed by atoms with Gasteiger partial charge in [-0.05, 0) is 61.9 Å². The van der Waals surface area contributed by atoms with E-state index >= 15 is 0 Å². The molecule has 1 N–H and O–H groups in total. The largest absolute Gasteiger partial charge is 0.370 e. The number of carbonyl (C=O) groups excluding carboxylic acids is 1. The summed E-state index contributed by atoms with van der Waals surface area (Å²) in [4.78, 5) is 13.5. The molecule has 2 nitrogen and oxygen atoms in total. The van der Waals surface area contributed by atoms with Crippen molar-refractivity contribution in [1.82, 2.24) is 0 Å². The summed E-state index contributed by atoms with van der Waals surface area (Å²) in [7, 11) is -1.75. The second-order valence-electron chi connectivity index (χ2n) is 13.8. The Morgan fingerprint density at radius 2 is 1.31 bits per heavy atom. The van der Waals surface area contributed by atoms with Crippen molar-refractivity contribution >= 4 is 13.9 Å². The predicted molar refractivity (Wildman–Crippen MR) is 151 cm³/mol. The molecule has 1 unspecified atom stereocenters. The van der Waals surface area contributed by atoms with Gasteiger partial charge in [0.1, 0.15) is 8.07 Å². The zero-order valence-electron chi connectivity index (χ0n) is 23.1. The SMILES string of the molecule is CC(C)(C)c1ccc2c(c1)[C@H]1C3=C([C@@H]2c2cc(C(C)(C)C)ccc21)C(O)(C#C[Si](C)(C)C)C=CC3=O. The van der Waals surface area contributed by atoms with Gasteiger partial charge in [-0.15, -0.1) is 5.54 Å². The summed E-state index contributed by atoms with van der Waals surface area (Å²) in [5, 5.41) is 12.1. The average molecular weight is 495 g/mol. The van der Waals surface area contributed by atoms with Crippen LogP contribution in [0.1, 0.15) is 86.8 Å². The van der Waals surface area contributed by atoms with E-state index in [9.17, 15) is 9.90 Å². The zero-order valence-corrected chi connectivity index (χ0v) is 24.1. The van der Waals surface area contributed by atoms with Crippen LogP contribution in [0.3, 0.4) is 0 Å². The number of hydrogen-bond donors (Lipinski definition) is 1. The first-order valence-electron chi connectivity index (χ1n) is 13.0. The van der Waals surface area contributed by atoms with E-state index in [1.54, 1.807) is 12.2 Å². The minimum absolute atomic E-state index is 0.00186. The maximum Gasteiger partial charge on any atom is 0.182 e. The van der Waals surface area contributed by atoms with Crippen molar-refractivity contribution in [2.45, 2.75) is 89.5 Å². The quantitative estimate of drug-likeness (QED) is 0.319. The highest BCUT2D eigenvalue weighted by atomic mass is 28.3. The van der Waals surface area contributed by atoms with Gasteiger partial charge in [0.15, 0.2) is 11.4 Å². The summed E-state index contributed by atoms with van der Waals surface area (Å²) in [5.74, 6) is 2.87. The van der Waals surface area contributed by atoms with Crippen molar-refractivity contribution in [2.24, 2.45) is 0 Å². The summed E-state index contributed by atoms with van der Waals surface area (Å²) in [6.45, 7) is 19.9. The van der Waals surface area contributed by atoms with E-state index in [0.29, 0.717) is 0 Å². The van der Waals surface area contributed by atoms with Crippen molar-refractivity contribution in [3.8, 4) is 11.5 Å². The normalized spacial score (nSPS) is 24.7. The lowest BCUT2D eigenvalue weighted by Gasteiger charge is -2.48. The Morgan fingerprint density at radius 3 is 1.81 bits per heavy atom. The van der Waals surface area contributed by atoms with Crippen LogP contribution in [0, 0.1) is 11.5 Å². The molecule has 3 atom stereocenters. The molecule has 0 aliphatic heterocycles. The van der Waals surface area contributed by atoms with Gasteiger partial charge in [0.25, 0.3) is 0 Å². The number of ketones is 1. The van der Waals surface area contributed by atoms with Gasteiger partial charge in [-0.1, -0.05) is 104 Å². The molecule has 2 aromatic carbocycles. The molecule has 0 spiro atoms. The van der Waals surface area contributed by atoms with Gasteiger partial charge in [0.2, 0.25) is 0 Å². The summed E-state index contributed by atoms with van der Waals surface area (Å²) >= 11 is 0. The summed E-state index contributed by atoms with van der Waals surface area (Å²) in [5.41, 5.74) is 10.8. The molecule has 3 heteroatoms. The highest BCUT2D eigenvalue weighted by Gasteiger charge is 2.52. The second kappa shape index (κ2) is 7.67. The van der Waals surface area contributed by atoms with E-state index < -0.39 is 13.7 Å². The molecular formula is C33H38O2Si. The molecule has 2 aromatic rings. The molecule has 4 aliphatic carbocycles. The van der Waals surface area contributed by atoms with Crippen LogP contribution in [0.25, 0.3) is 0 Å². The molecule has 0 saturated carbocycles. The minimum atomic E-state index is -1.75. The fraction of sp³-hybridized carbons (Fsp3) is 0.424. The number of allylic oxidation sites excluding steroid dienone is 2. The van der Waals surface area contributed by atoms with Crippen LogP contribution in [0.5, 0.6) is 0 Å².